The summed E-state index contributed by atoms with van der Waals surface area (Å²) >= 11 is 0. The molecular formula is C21H20O5. The average molecular weight is 352 g/mol. The molecule has 0 unspecified atom stereocenters. The van der Waals surface area contributed by atoms with E-state index in [4.69, 9.17) is 13.9 Å². The summed E-state index contributed by atoms with van der Waals surface area (Å²) in [5.41, 5.74) is 0.507. The molecule has 0 fully saturated rings. The number of aryl methyl sites for hydroxylation is 1. The largest absolute Gasteiger partial charge is 0.460 e. The van der Waals surface area contributed by atoms with Crippen molar-refractivity contribution in [3.05, 3.63) is 64.5 Å². The highest BCUT2D eigenvalue weighted by molar-refractivity contribution is 5.82. The zero-order valence-electron chi connectivity index (χ0n) is 15.2. The SMILES string of the molecule is Cc1ccc(Oc2coc3cc(OC(=O)C(C)(C)C)ccc3c2=O)cc1. The minimum Gasteiger partial charge on any atom is -0.460 e. The Morgan fingerprint density at radius 3 is 2.31 bits per heavy atom. The number of carbonyl (C=O) groups is 1. The predicted octanol–water partition coefficient (Wildman–Crippen LogP) is 4.85. The molecule has 1 heterocycles. The highest BCUT2D eigenvalue weighted by Crippen LogP contribution is 2.25. The first-order valence-corrected chi connectivity index (χ1v) is 8.26. The second kappa shape index (κ2) is 6.67. The molecule has 0 radical (unpaired) electrons. The molecule has 134 valence electrons. The Morgan fingerprint density at radius 1 is 1.00 bits per heavy atom. The minimum atomic E-state index is -0.623. The summed E-state index contributed by atoms with van der Waals surface area (Å²) in [5.74, 6) is 0.616. The van der Waals surface area contributed by atoms with Gasteiger partial charge in [-0.1, -0.05) is 17.7 Å². The number of esters is 1. The Kier molecular flexibility index (Phi) is 4.55. The Bertz CT molecular complexity index is 1010. The van der Waals surface area contributed by atoms with Gasteiger partial charge in [-0.2, -0.15) is 0 Å². The average Bonchev–Trinajstić information content (AvgIpc) is 2.58. The maximum atomic E-state index is 12.6. The van der Waals surface area contributed by atoms with Gasteiger partial charge in [-0.25, -0.2) is 0 Å². The van der Waals surface area contributed by atoms with Crippen LogP contribution in [0.4, 0.5) is 0 Å². The van der Waals surface area contributed by atoms with Gasteiger partial charge in [0.15, 0.2) is 0 Å². The standard InChI is InChI=1S/C21H20O5/c1-13-5-7-14(8-6-13)25-18-12-24-17-11-15(9-10-16(17)19(18)22)26-20(23)21(2,3)4/h5-12H,1-4H3. The van der Waals surface area contributed by atoms with Gasteiger partial charge in [-0.3, -0.25) is 9.59 Å². The van der Waals surface area contributed by atoms with E-state index in [9.17, 15) is 9.59 Å². The van der Waals surface area contributed by atoms with E-state index in [0.29, 0.717) is 22.5 Å². The molecule has 3 aromatic rings. The molecule has 5 heteroatoms. The quantitative estimate of drug-likeness (QED) is 0.498. The Morgan fingerprint density at radius 2 is 1.65 bits per heavy atom. The highest BCUT2D eigenvalue weighted by Gasteiger charge is 2.24. The molecule has 0 saturated carbocycles. The third-order valence-corrected chi connectivity index (χ3v) is 3.79. The van der Waals surface area contributed by atoms with E-state index < -0.39 is 5.41 Å². The molecule has 0 amide bonds. The molecule has 2 aromatic carbocycles. The van der Waals surface area contributed by atoms with Crippen LogP contribution < -0.4 is 14.9 Å². The van der Waals surface area contributed by atoms with Crippen molar-refractivity contribution < 1.29 is 18.7 Å². The van der Waals surface area contributed by atoms with Gasteiger partial charge in [0.25, 0.3) is 0 Å². The van der Waals surface area contributed by atoms with Crippen molar-refractivity contribution in [1.29, 1.82) is 0 Å². The van der Waals surface area contributed by atoms with Crippen LogP contribution in [0.3, 0.4) is 0 Å². The van der Waals surface area contributed by atoms with E-state index in [0.717, 1.165) is 5.56 Å². The molecule has 0 aliphatic rings. The van der Waals surface area contributed by atoms with Crippen LogP contribution in [-0.2, 0) is 4.79 Å². The maximum Gasteiger partial charge on any atom is 0.316 e. The fraction of sp³-hybridized carbons (Fsp3) is 0.238. The Hall–Kier alpha value is -3.08. The maximum absolute atomic E-state index is 12.6. The number of ether oxygens (including phenoxy) is 2. The van der Waals surface area contributed by atoms with Gasteiger partial charge in [0.2, 0.25) is 11.2 Å². The summed E-state index contributed by atoms with van der Waals surface area (Å²) in [5, 5.41) is 0.352. The van der Waals surface area contributed by atoms with Crippen molar-refractivity contribution in [1.82, 2.24) is 0 Å². The third-order valence-electron chi connectivity index (χ3n) is 3.79. The Labute approximate surface area is 151 Å². The van der Waals surface area contributed by atoms with Crippen molar-refractivity contribution in [2.24, 2.45) is 5.41 Å². The minimum absolute atomic E-state index is 0.0980. The van der Waals surface area contributed by atoms with Gasteiger partial charge < -0.3 is 13.9 Å². The van der Waals surface area contributed by atoms with Crippen molar-refractivity contribution in [3.63, 3.8) is 0 Å². The summed E-state index contributed by atoms with van der Waals surface area (Å²) in [7, 11) is 0. The van der Waals surface area contributed by atoms with Crippen LogP contribution in [0.1, 0.15) is 26.3 Å². The van der Waals surface area contributed by atoms with E-state index in [2.05, 4.69) is 0 Å². The van der Waals surface area contributed by atoms with Crippen molar-refractivity contribution in [2.45, 2.75) is 27.7 Å². The summed E-state index contributed by atoms with van der Waals surface area (Å²) in [6.07, 6.45) is 1.26. The summed E-state index contributed by atoms with van der Waals surface area (Å²) < 4.78 is 16.5. The summed E-state index contributed by atoms with van der Waals surface area (Å²) in [4.78, 5) is 24.6. The molecule has 5 nitrogen and oxygen atoms in total. The zero-order chi connectivity index (χ0) is 18.9. The van der Waals surface area contributed by atoms with Crippen LogP contribution in [0.2, 0.25) is 0 Å². The van der Waals surface area contributed by atoms with E-state index in [1.165, 1.54) is 12.3 Å². The van der Waals surface area contributed by atoms with Crippen molar-refractivity contribution in [3.8, 4) is 17.2 Å². The lowest BCUT2D eigenvalue weighted by atomic mass is 9.97. The summed E-state index contributed by atoms with van der Waals surface area (Å²) in [6, 6.07) is 12.0. The molecule has 1 aromatic heterocycles. The molecular weight excluding hydrogens is 332 g/mol. The molecule has 0 aliphatic heterocycles. The van der Waals surface area contributed by atoms with Gasteiger partial charge in [-0.05, 0) is 52.0 Å². The monoisotopic (exact) mass is 352 g/mol. The normalized spacial score (nSPS) is 11.4. The molecule has 0 spiro atoms. The van der Waals surface area contributed by atoms with Crippen molar-refractivity contribution in [2.75, 3.05) is 0 Å². The zero-order valence-corrected chi connectivity index (χ0v) is 15.2. The molecule has 0 aliphatic carbocycles. The predicted molar refractivity (Wildman–Crippen MR) is 98.8 cm³/mol. The van der Waals surface area contributed by atoms with Gasteiger partial charge in [0.1, 0.15) is 23.3 Å². The molecule has 0 bridgehead atoms. The number of fused-ring (bicyclic) bond motifs is 1. The first-order valence-electron chi connectivity index (χ1n) is 8.26. The van der Waals surface area contributed by atoms with E-state index >= 15 is 0 Å². The third kappa shape index (κ3) is 3.77. The lowest BCUT2D eigenvalue weighted by Gasteiger charge is -2.16. The topological polar surface area (TPSA) is 65.7 Å². The second-order valence-corrected chi connectivity index (χ2v) is 7.14. The first kappa shape index (κ1) is 17.7. The van der Waals surface area contributed by atoms with Crippen LogP contribution in [0.5, 0.6) is 17.2 Å². The molecule has 26 heavy (non-hydrogen) atoms. The molecule has 0 atom stereocenters. The molecule has 0 saturated heterocycles. The number of carbonyl (C=O) groups excluding carboxylic acids is 1. The van der Waals surface area contributed by atoms with Crippen LogP contribution >= 0.6 is 0 Å². The lowest BCUT2D eigenvalue weighted by Crippen LogP contribution is -2.25. The summed E-state index contributed by atoms with van der Waals surface area (Å²) in [6.45, 7) is 7.28. The molecule has 0 N–H and O–H groups in total. The van der Waals surface area contributed by atoms with Gasteiger partial charge in [0.05, 0.1) is 10.8 Å². The lowest BCUT2D eigenvalue weighted by molar-refractivity contribution is -0.142. The van der Waals surface area contributed by atoms with Gasteiger partial charge in [-0.15, -0.1) is 0 Å². The molecule has 3 rings (SSSR count). The van der Waals surface area contributed by atoms with Crippen molar-refractivity contribution >= 4 is 16.9 Å². The Balaban J connectivity index is 1.90. The van der Waals surface area contributed by atoms with Crippen LogP contribution in [-0.4, -0.2) is 5.97 Å². The van der Waals surface area contributed by atoms with E-state index in [1.54, 1.807) is 45.0 Å². The number of rotatable bonds is 3. The van der Waals surface area contributed by atoms with Gasteiger partial charge >= 0.3 is 5.97 Å². The number of hydrogen-bond acceptors (Lipinski definition) is 5. The number of hydrogen-bond donors (Lipinski definition) is 0. The van der Waals surface area contributed by atoms with Gasteiger partial charge in [0, 0.05) is 6.07 Å². The smallest absolute Gasteiger partial charge is 0.316 e. The fourth-order valence-electron chi connectivity index (χ4n) is 2.22. The van der Waals surface area contributed by atoms with Crippen LogP contribution in [0.25, 0.3) is 11.0 Å². The fourth-order valence-corrected chi connectivity index (χ4v) is 2.22. The van der Waals surface area contributed by atoms with E-state index in [1.807, 2.05) is 19.1 Å². The highest BCUT2D eigenvalue weighted by atomic mass is 16.5. The van der Waals surface area contributed by atoms with Crippen LogP contribution in [0.15, 0.2) is 57.9 Å². The second-order valence-electron chi connectivity index (χ2n) is 7.14. The van der Waals surface area contributed by atoms with E-state index in [-0.39, 0.29) is 17.1 Å². The van der Waals surface area contributed by atoms with Crippen LogP contribution in [0, 0.1) is 12.3 Å². The number of benzene rings is 2. The first-order chi connectivity index (χ1) is 12.2.